The van der Waals surface area contributed by atoms with E-state index in [4.69, 9.17) is 0 Å². The second kappa shape index (κ2) is 5.30. The minimum Gasteiger partial charge on any atom is -0.340 e. The number of fused-ring (bicyclic) bond motifs is 2. The van der Waals surface area contributed by atoms with Crippen molar-refractivity contribution in [2.75, 3.05) is 39.3 Å². The van der Waals surface area contributed by atoms with E-state index < -0.39 is 0 Å². The highest BCUT2D eigenvalue weighted by atomic mass is 16.2. The standard InChI is InChI=1S/C16H27N3O/c20-16(14-3-4-17-11-14)19-7-5-18(6-8-19)15-10-12-1-2-13(15)9-12/h12-15,17H,1-11H2. The summed E-state index contributed by atoms with van der Waals surface area (Å²) in [5.41, 5.74) is 0. The fraction of sp³-hybridized carbons (Fsp3) is 0.938. The highest BCUT2D eigenvalue weighted by Gasteiger charge is 2.43. The Morgan fingerprint density at radius 2 is 1.85 bits per heavy atom. The van der Waals surface area contributed by atoms with Crippen molar-refractivity contribution in [1.29, 1.82) is 0 Å². The summed E-state index contributed by atoms with van der Waals surface area (Å²) in [5, 5.41) is 3.31. The van der Waals surface area contributed by atoms with E-state index >= 15 is 0 Å². The van der Waals surface area contributed by atoms with E-state index in [0.29, 0.717) is 5.91 Å². The zero-order chi connectivity index (χ0) is 13.5. The molecule has 112 valence electrons. The largest absolute Gasteiger partial charge is 0.340 e. The van der Waals surface area contributed by atoms with E-state index in [1.165, 1.54) is 25.7 Å². The lowest BCUT2D eigenvalue weighted by Gasteiger charge is -2.41. The van der Waals surface area contributed by atoms with E-state index in [9.17, 15) is 4.79 Å². The highest BCUT2D eigenvalue weighted by molar-refractivity contribution is 5.79. The van der Waals surface area contributed by atoms with Crippen LogP contribution in [0.5, 0.6) is 0 Å². The predicted octanol–water partition coefficient (Wildman–Crippen LogP) is 0.929. The third kappa shape index (κ3) is 2.27. The molecule has 0 aromatic rings. The molecule has 1 amide bonds. The van der Waals surface area contributed by atoms with Gasteiger partial charge in [0.2, 0.25) is 5.91 Å². The number of carbonyl (C=O) groups excluding carboxylic acids is 1. The van der Waals surface area contributed by atoms with Crippen LogP contribution in [-0.2, 0) is 4.79 Å². The molecule has 4 rings (SSSR count). The average Bonchev–Trinajstić information content (AvgIpc) is 3.23. The van der Waals surface area contributed by atoms with Crippen molar-refractivity contribution in [3.05, 3.63) is 0 Å². The molecular formula is C16H27N3O. The van der Waals surface area contributed by atoms with Gasteiger partial charge < -0.3 is 10.2 Å². The molecule has 4 unspecified atom stereocenters. The smallest absolute Gasteiger partial charge is 0.227 e. The topological polar surface area (TPSA) is 35.6 Å². The number of piperazine rings is 1. The molecule has 0 radical (unpaired) electrons. The summed E-state index contributed by atoms with van der Waals surface area (Å²) in [6.45, 7) is 6.05. The van der Waals surface area contributed by atoms with Crippen LogP contribution in [0.25, 0.3) is 0 Å². The van der Waals surface area contributed by atoms with Crippen molar-refractivity contribution in [1.82, 2.24) is 15.1 Å². The summed E-state index contributed by atoms with van der Waals surface area (Å²) in [4.78, 5) is 17.2. The average molecular weight is 277 g/mol. The second-order valence-electron chi connectivity index (χ2n) is 7.29. The Balaban J connectivity index is 1.30. The van der Waals surface area contributed by atoms with E-state index in [1.54, 1.807) is 0 Å². The van der Waals surface area contributed by atoms with Gasteiger partial charge in [-0.2, -0.15) is 0 Å². The molecule has 2 aliphatic heterocycles. The molecule has 4 aliphatic rings. The first-order valence-corrected chi connectivity index (χ1v) is 8.55. The minimum atomic E-state index is 0.254. The summed E-state index contributed by atoms with van der Waals surface area (Å²) in [5.74, 6) is 2.65. The Kier molecular flexibility index (Phi) is 3.47. The van der Waals surface area contributed by atoms with Crippen LogP contribution in [0.1, 0.15) is 32.1 Å². The molecule has 2 saturated heterocycles. The van der Waals surface area contributed by atoms with Gasteiger partial charge in [-0.25, -0.2) is 0 Å². The fourth-order valence-corrected chi connectivity index (χ4v) is 5.06. The molecule has 4 fully saturated rings. The third-order valence-corrected chi connectivity index (χ3v) is 6.21. The third-order valence-electron chi connectivity index (χ3n) is 6.21. The fourth-order valence-electron chi connectivity index (χ4n) is 5.06. The number of amides is 1. The van der Waals surface area contributed by atoms with Crippen molar-refractivity contribution in [2.45, 2.75) is 38.1 Å². The molecule has 1 N–H and O–H groups in total. The van der Waals surface area contributed by atoms with E-state index in [2.05, 4.69) is 15.1 Å². The number of nitrogens with one attached hydrogen (secondary N) is 1. The van der Waals surface area contributed by atoms with Crippen LogP contribution in [0.3, 0.4) is 0 Å². The summed E-state index contributed by atoms with van der Waals surface area (Å²) < 4.78 is 0. The molecule has 2 saturated carbocycles. The van der Waals surface area contributed by atoms with Crippen LogP contribution in [-0.4, -0.2) is 61.0 Å². The van der Waals surface area contributed by atoms with Crippen molar-refractivity contribution in [3.63, 3.8) is 0 Å². The van der Waals surface area contributed by atoms with Crippen LogP contribution in [0.15, 0.2) is 0 Å². The number of hydrogen-bond donors (Lipinski definition) is 1. The quantitative estimate of drug-likeness (QED) is 0.815. The first kappa shape index (κ1) is 13.1. The van der Waals surface area contributed by atoms with Crippen LogP contribution in [0, 0.1) is 17.8 Å². The van der Waals surface area contributed by atoms with Crippen LogP contribution in [0.2, 0.25) is 0 Å². The van der Waals surface area contributed by atoms with Gasteiger partial charge in [0, 0.05) is 38.8 Å². The van der Waals surface area contributed by atoms with Gasteiger partial charge in [0.1, 0.15) is 0 Å². The van der Waals surface area contributed by atoms with Gasteiger partial charge in [0.05, 0.1) is 5.92 Å². The molecule has 2 aliphatic carbocycles. The van der Waals surface area contributed by atoms with Crippen LogP contribution in [0.4, 0.5) is 0 Å². The van der Waals surface area contributed by atoms with Gasteiger partial charge in [-0.1, -0.05) is 6.42 Å². The Labute approximate surface area is 121 Å². The molecule has 2 heterocycles. The maximum absolute atomic E-state index is 12.4. The number of hydrogen-bond acceptors (Lipinski definition) is 3. The predicted molar refractivity (Wildman–Crippen MR) is 78.4 cm³/mol. The van der Waals surface area contributed by atoms with Crippen molar-refractivity contribution in [2.24, 2.45) is 17.8 Å². The van der Waals surface area contributed by atoms with Gasteiger partial charge >= 0.3 is 0 Å². The highest BCUT2D eigenvalue weighted by Crippen LogP contribution is 2.46. The van der Waals surface area contributed by atoms with Crippen LogP contribution >= 0.6 is 0 Å². The lowest BCUT2D eigenvalue weighted by atomic mass is 9.93. The molecule has 4 atom stereocenters. The molecule has 20 heavy (non-hydrogen) atoms. The Bertz CT molecular complexity index is 372. The molecule has 0 spiro atoms. The lowest BCUT2D eigenvalue weighted by molar-refractivity contribution is -0.137. The van der Waals surface area contributed by atoms with Gasteiger partial charge in [-0.15, -0.1) is 0 Å². The van der Waals surface area contributed by atoms with Crippen molar-refractivity contribution in [3.8, 4) is 0 Å². The Morgan fingerprint density at radius 1 is 1.00 bits per heavy atom. The SMILES string of the molecule is O=C(C1CCNC1)N1CCN(C2CC3CCC2C3)CC1. The summed E-state index contributed by atoms with van der Waals surface area (Å²) in [6.07, 6.45) is 6.89. The van der Waals surface area contributed by atoms with Gasteiger partial charge in [0.15, 0.2) is 0 Å². The normalized spacial score (nSPS) is 41.5. The number of rotatable bonds is 2. The molecule has 0 aromatic heterocycles. The van der Waals surface area contributed by atoms with Gasteiger partial charge in [0.25, 0.3) is 0 Å². The first-order valence-electron chi connectivity index (χ1n) is 8.55. The second-order valence-corrected chi connectivity index (χ2v) is 7.29. The monoisotopic (exact) mass is 277 g/mol. The van der Waals surface area contributed by atoms with E-state index in [0.717, 1.165) is 63.6 Å². The van der Waals surface area contributed by atoms with E-state index in [-0.39, 0.29) is 5.92 Å². The molecule has 2 bridgehead atoms. The van der Waals surface area contributed by atoms with Crippen molar-refractivity contribution < 1.29 is 4.79 Å². The van der Waals surface area contributed by atoms with Crippen LogP contribution < -0.4 is 5.32 Å². The molecular weight excluding hydrogens is 250 g/mol. The Morgan fingerprint density at radius 3 is 2.45 bits per heavy atom. The number of nitrogens with zero attached hydrogens (tertiary/aromatic N) is 2. The molecule has 0 aromatic carbocycles. The maximum Gasteiger partial charge on any atom is 0.227 e. The minimum absolute atomic E-state index is 0.254. The maximum atomic E-state index is 12.4. The summed E-state index contributed by atoms with van der Waals surface area (Å²) in [7, 11) is 0. The zero-order valence-electron chi connectivity index (χ0n) is 12.4. The zero-order valence-corrected chi connectivity index (χ0v) is 12.4. The van der Waals surface area contributed by atoms with Gasteiger partial charge in [-0.05, 0) is 44.1 Å². The first-order chi connectivity index (χ1) is 9.81. The summed E-state index contributed by atoms with van der Waals surface area (Å²) >= 11 is 0. The van der Waals surface area contributed by atoms with Gasteiger partial charge in [-0.3, -0.25) is 9.69 Å². The number of carbonyl (C=O) groups is 1. The van der Waals surface area contributed by atoms with Crippen molar-refractivity contribution >= 4 is 5.91 Å². The lowest BCUT2D eigenvalue weighted by Crippen LogP contribution is -2.54. The molecule has 4 nitrogen and oxygen atoms in total. The van der Waals surface area contributed by atoms with E-state index in [1.807, 2.05) is 0 Å². The molecule has 4 heteroatoms. The summed E-state index contributed by atoms with van der Waals surface area (Å²) in [6, 6.07) is 0.846. The Hall–Kier alpha value is -0.610.